The van der Waals surface area contributed by atoms with E-state index in [1.807, 2.05) is 5.32 Å². The second kappa shape index (κ2) is 8.61. The van der Waals surface area contributed by atoms with E-state index in [0.29, 0.717) is 0 Å². The molecule has 0 aliphatic carbocycles. The summed E-state index contributed by atoms with van der Waals surface area (Å²) in [7, 11) is 0. The first kappa shape index (κ1) is 24.4. The van der Waals surface area contributed by atoms with Gasteiger partial charge in [0.25, 0.3) is 11.6 Å². The molecule has 0 spiro atoms. The van der Waals surface area contributed by atoms with E-state index >= 15 is 0 Å². The fraction of sp³-hybridized carbons (Fsp3) is 0.150. The monoisotopic (exact) mass is 486 g/mol. The van der Waals surface area contributed by atoms with Crippen molar-refractivity contribution in [3.05, 3.63) is 91.4 Å². The Bertz CT molecular complexity index is 1320. The van der Waals surface area contributed by atoms with Crippen LogP contribution in [0.3, 0.4) is 0 Å². The molecule has 14 heteroatoms. The lowest BCUT2D eigenvalue weighted by Gasteiger charge is -2.15. The van der Waals surface area contributed by atoms with Crippen LogP contribution in [0.4, 0.5) is 37.7 Å². The van der Waals surface area contributed by atoms with Crippen molar-refractivity contribution in [2.75, 3.05) is 5.32 Å². The van der Waals surface area contributed by atoms with Crippen LogP contribution in [0.1, 0.15) is 27.3 Å². The topological polar surface area (TPSA) is 107 Å². The highest BCUT2D eigenvalue weighted by atomic mass is 19.4. The highest BCUT2D eigenvalue weighted by molar-refractivity contribution is 6.02. The molecular weight excluding hydrogens is 474 g/mol. The number of rotatable bonds is 4. The molecule has 0 saturated heterocycles. The normalized spacial score (nSPS) is 11.9. The van der Waals surface area contributed by atoms with Crippen molar-refractivity contribution in [3.63, 3.8) is 0 Å². The van der Waals surface area contributed by atoms with Gasteiger partial charge in [-0.05, 0) is 31.2 Å². The molecule has 3 aromatic rings. The van der Waals surface area contributed by atoms with Crippen LogP contribution in [0, 0.1) is 17.0 Å². The first-order valence-corrected chi connectivity index (χ1v) is 9.14. The third-order valence-electron chi connectivity index (χ3n) is 4.47. The van der Waals surface area contributed by atoms with Gasteiger partial charge in [-0.3, -0.25) is 19.7 Å². The lowest BCUT2D eigenvalue weighted by atomic mass is 10.1. The maximum atomic E-state index is 13.0. The number of para-hydroxylation sites is 2. The third kappa shape index (κ3) is 5.05. The number of nitro benzene ring substituents is 1. The smallest absolute Gasteiger partial charge is 0.320 e. The maximum absolute atomic E-state index is 13.0. The van der Waals surface area contributed by atoms with E-state index in [9.17, 15) is 46.0 Å². The van der Waals surface area contributed by atoms with E-state index < -0.39 is 56.8 Å². The number of alkyl halides is 6. The minimum atomic E-state index is -5.15. The molecule has 0 radical (unpaired) electrons. The first-order valence-electron chi connectivity index (χ1n) is 9.14. The fourth-order valence-corrected chi connectivity index (χ4v) is 2.96. The van der Waals surface area contributed by atoms with Crippen LogP contribution in [-0.2, 0) is 12.4 Å². The number of amides is 1. The van der Waals surface area contributed by atoms with Crippen LogP contribution < -0.4 is 10.7 Å². The molecule has 0 atom stereocenters. The van der Waals surface area contributed by atoms with Crippen LogP contribution in [0.15, 0.2) is 53.3 Å². The summed E-state index contributed by atoms with van der Waals surface area (Å²) in [5.74, 6) is -1.41. The van der Waals surface area contributed by atoms with Crippen molar-refractivity contribution < 1.29 is 36.1 Å². The number of aromatic nitrogens is 2. The summed E-state index contributed by atoms with van der Waals surface area (Å²) in [5, 5.41) is 16.9. The summed E-state index contributed by atoms with van der Waals surface area (Å²) in [4.78, 5) is 35.4. The van der Waals surface area contributed by atoms with Gasteiger partial charge < -0.3 is 5.32 Å². The molecule has 1 amide bonds. The Morgan fingerprint density at radius 3 is 2.09 bits per heavy atom. The summed E-state index contributed by atoms with van der Waals surface area (Å²) in [5.41, 5.74) is -6.63. The summed E-state index contributed by atoms with van der Waals surface area (Å²) in [6.45, 7) is 1.36. The molecule has 2 aromatic carbocycles. The number of anilines is 1. The zero-order chi connectivity index (χ0) is 25.4. The van der Waals surface area contributed by atoms with Crippen LogP contribution in [0.25, 0.3) is 5.69 Å². The number of carbonyl (C=O) groups excluding carboxylic acids is 1. The second-order valence-electron chi connectivity index (χ2n) is 6.90. The number of benzene rings is 2. The number of aryl methyl sites for hydroxylation is 1. The Balaban J connectivity index is 2.08. The number of carbonyl (C=O) groups is 1. The molecule has 0 bridgehead atoms. The molecule has 0 fully saturated rings. The standard InChI is InChI=1S/C20H12F6N4O4/c1-10-6-16(31)17(28-29(10)14-4-2-3-5-15(14)30(33)34)18(32)27-13-8-11(19(21,22)23)7-12(9-13)20(24,25)26/h2-9H,1H3,(H,27,32). The van der Waals surface area contributed by atoms with Gasteiger partial charge in [-0.2, -0.15) is 31.4 Å². The lowest BCUT2D eigenvalue weighted by Crippen LogP contribution is -2.27. The van der Waals surface area contributed by atoms with Crippen LogP contribution in [0.2, 0.25) is 0 Å². The number of hydrogen-bond donors (Lipinski definition) is 1. The van der Waals surface area contributed by atoms with Gasteiger partial charge in [0.15, 0.2) is 5.69 Å². The molecule has 1 aromatic heterocycles. The van der Waals surface area contributed by atoms with E-state index in [1.165, 1.54) is 25.1 Å². The van der Waals surface area contributed by atoms with Crippen molar-refractivity contribution in [2.24, 2.45) is 0 Å². The van der Waals surface area contributed by atoms with Crippen molar-refractivity contribution >= 4 is 17.3 Å². The van der Waals surface area contributed by atoms with Gasteiger partial charge in [0.05, 0.1) is 16.1 Å². The minimum absolute atomic E-state index is 0.0780. The third-order valence-corrected chi connectivity index (χ3v) is 4.47. The van der Waals surface area contributed by atoms with Gasteiger partial charge in [-0.1, -0.05) is 12.1 Å². The number of nitrogens with one attached hydrogen (secondary N) is 1. The Hall–Kier alpha value is -4.23. The van der Waals surface area contributed by atoms with E-state index in [-0.39, 0.29) is 29.6 Å². The molecule has 0 aliphatic rings. The Kier molecular flexibility index (Phi) is 6.18. The summed E-state index contributed by atoms with van der Waals surface area (Å²) < 4.78 is 79.2. The molecule has 34 heavy (non-hydrogen) atoms. The van der Waals surface area contributed by atoms with Crippen LogP contribution in [0.5, 0.6) is 0 Å². The quantitative estimate of drug-likeness (QED) is 0.326. The lowest BCUT2D eigenvalue weighted by molar-refractivity contribution is -0.384. The van der Waals surface area contributed by atoms with Crippen molar-refractivity contribution in [1.82, 2.24) is 9.78 Å². The molecule has 3 rings (SSSR count). The summed E-state index contributed by atoms with van der Waals surface area (Å²) in [6, 6.07) is 6.49. The second-order valence-corrected chi connectivity index (χ2v) is 6.90. The molecule has 0 unspecified atom stereocenters. The van der Waals surface area contributed by atoms with Gasteiger partial charge in [0.1, 0.15) is 5.69 Å². The first-order chi connectivity index (χ1) is 15.7. The average molecular weight is 486 g/mol. The average Bonchev–Trinajstić information content (AvgIpc) is 2.72. The van der Waals surface area contributed by atoms with Gasteiger partial charge in [-0.25, -0.2) is 4.68 Å². The van der Waals surface area contributed by atoms with Gasteiger partial charge in [-0.15, -0.1) is 0 Å². The number of halogens is 6. The van der Waals surface area contributed by atoms with Crippen molar-refractivity contribution in [2.45, 2.75) is 19.3 Å². The summed E-state index contributed by atoms with van der Waals surface area (Å²) in [6.07, 6.45) is -10.3. The highest BCUT2D eigenvalue weighted by Gasteiger charge is 2.37. The van der Waals surface area contributed by atoms with E-state index in [0.717, 1.165) is 16.8 Å². The van der Waals surface area contributed by atoms with E-state index in [4.69, 9.17) is 0 Å². The maximum Gasteiger partial charge on any atom is 0.416 e. The number of hydrogen-bond acceptors (Lipinski definition) is 5. The van der Waals surface area contributed by atoms with Crippen LogP contribution >= 0.6 is 0 Å². The van der Waals surface area contributed by atoms with Gasteiger partial charge in [0, 0.05) is 23.5 Å². The Labute approximate surface area is 185 Å². The molecule has 0 aliphatic heterocycles. The summed E-state index contributed by atoms with van der Waals surface area (Å²) >= 11 is 0. The van der Waals surface area contributed by atoms with E-state index in [1.54, 1.807) is 0 Å². The SMILES string of the molecule is Cc1cc(=O)c(C(=O)Nc2cc(C(F)(F)F)cc(C(F)(F)F)c2)nn1-c1ccccc1[N+](=O)[O-]. The molecule has 1 heterocycles. The zero-order valence-corrected chi connectivity index (χ0v) is 16.9. The largest absolute Gasteiger partial charge is 0.416 e. The molecule has 1 N–H and O–H groups in total. The fourth-order valence-electron chi connectivity index (χ4n) is 2.96. The number of nitro groups is 1. The molecule has 178 valence electrons. The van der Waals surface area contributed by atoms with E-state index in [2.05, 4.69) is 5.10 Å². The molecule has 8 nitrogen and oxygen atoms in total. The Morgan fingerprint density at radius 1 is 1.00 bits per heavy atom. The Morgan fingerprint density at radius 2 is 1.56 bits per heavy atom. The predicted octanol–water partition coefficient (Wildman–Crippen LogP) is 4.74. The zero-order valence-electron chi connectivity index (χ0n) is 16.9. The molecular formula is C20H12F6N4O4. The number of nitrogens with zero attached hydrogens (tertiary/aromatic N) is 3. The highest BCUT2D eigenvalue weighted by Crippen LogP contribution is 2.37. The van der Waals surface area contributed by atoms with Gasteiger partial charge >= 0.3 is 12.4 Å². The minimum Gasteiger partial charge on any atom is -0.320 e. The van der Waals surface area contributed by atoms with Gasteiger partial charge in [0.2, 0.25) is 5.43 Å². The van der Waals surface area contributed by atoms with Crippen molar-refractivity contribution in [1.29, 1.82) is 0 Å². The van der Waals surface area contributed by atoms with Crippen molar-refractivity contribution in [3.8, 4) is 5.69 Å². The predicted molar refractivity (Wildman–Crippen MR) is 106 cm³/mol. The molecule has 0 saturated carbocycles. The van der Waals surface area contributed by atoms with Crippen LogP contribution in [-0.4, -0.2) is 20.6 Å².